The van der Waals surface area contributed by atoms with Gasteiger partial charge in [-0.1, -0.05) is 6.07 Å². The van der Waals surface area contributed by atoms with Crippen molar-refractivity contribution >= 4 is 5.91 Å². The minimum absolute atomic E-state index is 0.00971. The molecule has 2 N–H and O–H groups in total. The fourth-order valence-electron chi connectivity index (χ4n) is 3.35. The van der Waals surface area contributed by atoms with E-state index in [0.717, 1.165) is 17.7 Å². The van der Waals surface area contributed by atoms with Crippen molar-refractivity contribution in [3.63, 3.8) is 0 Å². The Morgan fingerprint density at radius 2 is 2.03 bits per heavy atom. The number of ether oxygens (including phenoxy) is 2. The monoisotopic (exact) mass is 414 g/mol. The molecule has 1 amide bonds. The van der Waals surface area contributed by atoms with Crippen LogP contribution in [0.2, 0.25) is 0 Å². The fraction of sp³-hybridized carbons (Fsp3) is 0.444. The van der Waals surface area contributed by atoms with Gasteiger partial charge in [0.1, 0.15) is 24.0 Å². The van der Waals surface area contributed by atoms with Gasteiger partial charge in [-0.05, 0) is 12.1 Å². The molecule has 29 heavy (non-hydrogen) atoms. The molecule has 0 bridgehead atoms. The molecule has 1 fully saturated rings. The number of rotatable bonds is 4. The van der Waals surface area contributed by atoms with Crippen molar-refractivity contribution in [1.29, 1.82) is 0 Å². The van der Waals surface area contributed by atoms with Crippen LogP contribution in [0.5, 0.6) is 5.88 Å². The number of halogens is 3. The first kappa shape index (κ1) is 19.7. The zero-order chi connectivity index (χ0) is 20.8. The van der Waals surface area contributed by atoms with E-state index in [1.54, 1.807) is 6.07 Å². The molecule has 8 nitrogen and oxygen atoms in total. The molecule has 2 aliphatic heterocycles. The minimum Gasteiger partial charge on any atom is -0.469 e. The second kappa shape index (κ2) is 7.32. The van der Waals surface area contributed by atoms with E-state index in [1.165, 1.54) is 17.2 Å². The normalized spacial score (nSPS) is 27.2. The maximum atomic E-state index is 12.8. The van der Waals surface area contributed by atoms with Gasteiger partial charge >= 0.3 is 6.18 Å². The highest BCUT2D eigenvalue weighted by Crippen LogP contribution is 2.30. The molecule has 0 saturated carbocycles. The lowest BCUT2D eigenvalue weighted by atomic mass is 9.99. The molecule has 0 aromatic carbocycles. The Kier molecular flexibility index (Phi) is 4.97. The van der Waals surface area contributed by atoms with Crippen molar-refractivity contribution in [2.75, 3.05) is 13.2 Å². The van der Waals surface area contributed by atoms with E-state index in [0.29, 0.717) is 6.54 Å². The average molecular weight is 414 g/mol. The Balaban J connectivity index is 1.38. The van der Waals surface area contributed by atoms with Gasteiger partial charge in [-0.2, -0.15) is 13.2 Å². The summed E-state index contributed by atoms with van der Waals surface area (Å²) in [5, 5.41) is 20.7. The molecule has 2 aliphatic rings. The lowest BCUT2D eigenvalue weighted by Crippen LogP contribution is -2.57. The van der Waals surface area contributed by atoms with E-state index in [9.17, 15) is 28.2 Å². The Labute approximate surface area is 162 Å². The first-order valence-corrected chi connectivity index (χ1v) is 8.78. The second-order valence-electron chi connectivity index (χ2n) is 6.83. The quantitative estimate of drug-likeness (QED) is 0.775. The summed E-state index contributed by atoms with van der Waals surface area (Å²) in [5.41, 5.74) is -0.415. The first-order valence-electron chi connectivity index (χ1n) is 8.78. The van der Waals surface area contributed by atoms with Crippen LogP contribution in [0.15, 0.2) is 34.9 Å². The number of furan rings is 1. The van der Waals surface area contributed by atoms with Crippen molar-refractivity contribution in [1.82, 2.24) is 9.88 Å². The predicted molar refractivity (Wildman–Crippen MR) is 88.9 cm³/mol. The molecule has 0 spiro atoms. The van der Waals surface area contributed by atoms with Gasteiger partial charge in [-0.25, -0.2) is 4.98 Å². The van der Waals surface area contributed by atoms with Crippen LogP contribution >= 0.6 is 0 Å². The lowest BCUT2D eigenvalue weighted by Gasteiger charge is -2.38. The number of alkyl halides is 3. The number of amides is 1. The maximum absolute atomic E-state index is 12.8. The smallest absolute Gasteiger partial charge is 0.433 e. The second-order valence-corrected chi connectivity index (χ2v) is 6.83. The Morgan fingerprint density at radius 1 is 1.24 bits per heavy atom. The molecule has 156 valence electrons. The summed E-state index contributed by atoms with van der Waals surface area (Å²) >= 11 is 0. The predicted octanol–water partition coefficient (Wildman–Crippen LogP) is 1.22. The van der Waals surface area contributed by atoms with Crippen molar-refractivity contribution < 1.29 is 42.1 Å². The Morgan fingerprint density at radius 3 is 2.76 bits per heavy atom. The van der Waals surface area contributed by atoms with Crippen molar-refractivity contribution in [3.8, 4) is 5.88 Å². The third-order valence-electron chi connectivity index (χ3n) is 4.86. The van der Waals surface area contributed by atoms with Gasteiger partial charge in [0.05, 0.1) is 26.0 Å². The summed E-state index contributed by atoms with van der Waals surface area (Å²) in [6, 6.07) is 4.81. The SMILES string of the molecule is O=C1c2occc2CN1C[C@H]1OC[C@H](Oc2cccc(C(F)(F)F)n2)[C@@H](O)[C@H]1O. The highest BCUT2D eigenvalue weighted by molar-refractivity contribution is 5.95. The highest BCUT2D eigenvalue weighted by Gasteiger charge is 2.43. The van der Waals surface area contributed by atoms with Crippen LogP contribution in [-0.2, 0) is 17.5 Å². The van der Waals surface area contributed by atoms with E-state index in [-0.39, 0.29) is 30.7 Å². The van der Waals surface area contributed by atoms with Gasteiger partial charge in [0.25, 0.3) is 5.91 Å². The standard InChI is InChI=1S/C18H17F3N2O6/c19-18(20,21)12-2-1-3-13(22-12)29-11-8-28-10(14(24)15(11)25)7-23-6-9-4-5-27-16(9)17(23)26/h1-5,10-11,14-15,24-25H,6-8H2/t10-,11+,14+,15-/m1/s1. The summed E-state index contributed by atoms with van der Waals surface area (Å²) in [6.45, 7) is 0.101. The molecule has 2 aromatic rings. The van der Waals surface area contributed by atoms with Crippen molar-refractivity contribution in [2.45, 2.75) is 37.1 Å². The summed E-state index contributed by atoms with van der Waals surface area (Å²) < 4.78 is 54.2. The zero-order valence-corrected chi connectivity index (χ0v) is 14.9. The number of carbonyl (C=O) groups excluding carboxylic acids is 1. The number of nitrogens with zero attached hydrogens (tertiary/aromatic N) is 2. The number of pyridine rings is 1. The van der Waals surface area contributed by atoms with E-state index in [4.69, 9.17) is 13.9 Å². The number of aliphatic hydroxyl groups excluding tert-OH is 2. The van der Waals surface area contributed by atoms with Gasteiger partial charge in [-0.3, -0.25) is 4.79 Å². The zero-order valence-electron chi connectivity index (χ0n) is 14.9. The Hall–Kier alpha value is -2.63. The van der Waals surface area contributed by atoms with Crippen LogP contribution in [-0.4, -0.2) is 63.6 Å². The van der Waals surface area contributed by atoms with E-state index in [1.807, 2.05) is 0 Å². The number of carbonyl (C=O) groups is 1. The van der Waals surface area contributed by atoms with E-state index < -0.39 is 36.3 Å². The minimum atomic E-state index is -4.64. The molecular weight excluding hydrogens is 397 g/mol. The summed E-state index contributed by atoms with van der Waals surface area (Å²) in [4.78, 5) is 17.0. The molecule has 4 heterocycles. The molecule has 2 aromatic heterocycles. The lowest BCUT2D eigenvalue weighted by molar-refractivity contribution is -0.183. The fourth-order valence-corrected chi connectivity index (χ4v) is 3.35. The number of fused-ring (bicyclic) bond motifs is 1. The molecule has 4 rings (SSSR count). The summed E-state index contributed by atoms with van der Waals surface area (Å²) in [6.07, 6.45) is -8.10. The van der Waals surface area contributed by atoms with Gasteiger partial charge in [0, 0.05) is 11.6 Å². The number of aliphatic hydroxyl groups is 2. The molecule has 1 saturated heterocycles. The van der Waals surface area contributed by atoms with Gasteiger partial charge in [-0.15, -0.1) is 0 Å². The summed E-state index contributed by atoms with van der Waals surface area (Å²) in [5.74, 6) is -0.466. The summed E-state index contributed by atoms with van der Waals surface area (Å²) in [7, 11) is 0. The topological polar surface area (TPSA) is 105 Å². The van der Waals surface area contributed by atoms with Crippen LogP contribution in [0.4, 0.5) is 13.2 Å². The van der Waals surface area contributed by atoms with Crippen LogP contribution in [0.3, 0.4) is 0 Å². The van der Waals surface area contributed by atoms with Gasteiger partial charge in [0.2, 0.25) is 5.88 Å². The molecule has 0 unspecified atom stereocenters. The Bertz CT molecular complexity index is 902. The third kappa shape index (κ3) is 3.80. The number of aromatic nitrogens is 1. The van der Waals surface area contributed by atoms with Crippen molar-refractivity contribution in [2.24, 2.45) is 0 Å². The van der Waals surface area contributed by atoms with Crippen LogP contribution in [0, 0.1) is 0 Å². The van der Waals surface area contributed by atoms with Gasteiger partial charge < -0.3 is 29.0 Å². The molecule has 0 radical (unpaired) electrons. The van der Waals surface area contributed by atoms with Crippen molar-refractivity contribution in [3.05, 3.63) is 47.5 Å². The molecule has 11 heteroatoms. The van der Waals surface area contributed by atoms with Gasteiger partial charge in [0.15, 0.2) is 11.9 Å². The maximum Gasteiger partial charge on any atom is 0.433 e. The molecule has 4 atom stereocenters. The van der Waals surface area contributed by atoms with Crippen LogP contribution in [0.25, 0.3) is 0 Å². The van der Waals surface area contributed by atoms with Crippen LogP contribution < -0.4 is 4.74 Å². The number of hydrogen-bond acceptors (Lipinski definition) is 7. The third-order valence-corrected chi connectivity index (χ3v) is 4.86. The number of hydrogen-bond donors (Lipinski definition) is 2. The van der Waals surface area contributed by atoms with E-state index >= 15 is 0 Å². The largest absolute Gasteiger partial charge is 0.469 e. The molecular formula is C18H17F3N2O6. The first-order chi connectivity index (χ1) is 13.7. The average Bonchev–Trinajstić information content (AvgIpc) is 3.24. The van der Waals surface area contributed by atoms with E-state index in [2.05, 4.69) is 4.98 Å². The molecule has 0 aliphatic carbocycles. The highest BCUT2D eigenvalue weighted by atomic mass is 19.4. The van der Waals surface area contributed by atoms with Crippen LogP contribution in [0.1, 0.15) is 21.8 Å².